The molecule has 4 N–H and O–H groups in total. The van der Waals surface area contributed by atoms with Gasteiger partial charge >= 0.3 is 0 Å². The summed E-state index contributed by atoms with van der Waals surface area (Å²) in [6, 6.07) is 11.1. The molecule has 3 aromatic rings. The van der Waals surface area contributed by atoms with Gasteiger partial charge in [-0.15, -0.1) is 0 Å². The normalized spacial score (nSPS) is 14.0. The molecule has 0 aliphatic carbocycles. The number of hydrogen-bond donors (Lipinski definition) is 3. The number of aromatic amines is 1. The number of nitrogens with one attached hydrogen (secondary N) is 2. The summed E-state index contributed by atoms with van der Waals surface area (Å²) in [5.74, 6) is -0.562. The molecule has 29 heavy (non-hydrogen) atoms. The fourth-order valence-corrected chi connectivity index (χ4v) is 3.68. The zero-order valence-corrected chi connectivity index (χ0v) is 16.2. The number of aromatic nitrogens is 2. The Morgan fingerprint density at radius 3 is 2.69 bits per heavy atom. The number of carbonyl (C=O) groups excluding carboxylic acids is 2. The third-order valence-electron chi connectivity index (χ3n) is 5.07. The number of H-pyrrole nitrogens is 1. The molecule has 1 aliphatic heterocycles. The van der Waals surface area contributed by atoms with Gasteiger partial charge in [-0.3, -0.25) is 14.7 Å². The number of benzene rings is 2. The molecule has 0 atom stereocenters. The fraction of sp³-hybridized carbons (Fsp3) is 0.227. The summed E-state index contributed by atoms with van der Waals surface area (Å²) >= 11 is 0. The Bertz CT molecular complexity index is 1110. The van der Waals surface area contributed by atoms with Crippen LogP contribution in [0.5, 0.6) is 0 Å². The molecule has 0 unspecified atom stereocenters. The van der Waals surface area contributed by atoms with Crippen molar-refractivity contribution in [3.8, 4) is 0 Å². The highest BCUT2D eigenvalue weighted by Crippen LogP contribution is 2.34. The fourth-order valence-electron chi connectivity index (χ4n) is 3.68. The molecule has 0 spiro atoms. The highest BCUT2D eigenvalue weighted by molar-refractivity contribution is 6.01. The minimum atomic E-state index is -0.458. The number of carbonyl (C=O) groups is 2. The van der Waals surface area contributed by atoms with Crippen LogP contribution in [0.3, 0.4) is 0 Å². The minimum absolute atomic E-state index is 0.103. The highest BCUT2D eigenvalue weighted by atomic mass is 16.1. The van der Waals surface area contributed by atoms with Crippen molar-refractivity contribution in [3.05, 3.63) is 53.2 Å². The van der Waals surface area contributed by atoms with Gasteiger partial charge in [0.25, 0.3) is 0 Å². The molecular weight excluding hydrogens is 366 g/mol. The zero-order valence-electron chi connectivity index (χ0n) is 16.2. The molecule has 4 rings (SSSR count). The molecule has 0 radical (unpaired) electrons. The molecule has 7 nitrogen and oxygen atoms in total. The first kappa shape index (κ1) is 18.7. The van der Waals surface area contributed by atoms with Crippen molar-refractivity contribution in [2.45, 2.75) is 19.8 Å². The number of nitrogens with two attached hydrogens (primary N) is 1. The molecule has 2 amide bonds. The maximum absolute atomic E-state index is 11.7. The molecule has 148 valence electrons. The van der Waals surface area contributed by atoms with Gasteiger partial charge in [-0.2, -0.15) is 5.10 Å². The Balaban J connectivity index is 1.71. The lowest BCUT2D eigenvalue weighted by Gasteiger charge is -2.21. The van der Waals surface area contributed by atoms with Gasteiger partial charge in [0.1, 0.15) is 0 Å². The van der Waals surface area contributed by atoms with Crippen molar-refractivity contribution >= 4 is 46.2 Å². The monoisotopic (exact) mass is 389 g/mol. The first-order valence-corrected chi connectivity index (χ1v) is 9.64. The van der Waals surface area contributed by atoms with Crippen LogP contribution >= 0.6 is 0 Å². The summed E-state index contributed by atoms with van der Waals surface area (Å²) < 4.78 is 0. The Morgan fingerprint density at radius 1 is 1.17 bits per heavy atom. The van der Waals surface area contributed by atoms with Crippen molar-refractivity contribution in [1.29, 1.82) is 0 Å². The molecule has 1 aromatic heterocycles. The van der Waals surface area contributed by atoms with Gasteiger partial charge in [0.2, 0.25) is 11.8 Å². The van der Waals surface area contributed by atoms with E-state index in [4.69, 9.17) is 5.73 Å². The number of anilines is 2. The van der Waals surface area contributed by atoms with Crippen molar-refractivity contribution in [1.82, 2.24) is 10.2 Å². The molecule has 0 saturated carbocycles. The molecule has 1 fully saturated rings. The summed E-state index contributed by atoms with van der Waals surface area (Å²) in [4.78, 5) is 25.4. The summed E-state index contributed by atoms with van der Waals surface area (Å²) in [5.41, 5.74) is 10.1. The smallest absolute Gasteiger partial charge is 0.248 e. The van der Waals surface area contributed by atoms with Gasteiger partial charge in [0, 0.05) is 31.0 Å². The van der Waals surface area contributed by atoms with Crippen LogP contribution in [0.25, 0.3) is 23.1 Å². The third-order valence-corrected chi connectivity index (χ3v) is 5.07. The van der Waals surface area contributed by atoms with E-state index in [1.807, 2.05) is 30.4 Å². The van der Waals surface area contributed by atoms with E-state index >= 15 is 0 Å². The van der Waals surface area contributed by atoms with Crippen molar-refractivity contribution in [2.24, 2.45) is 5.73 Å². The Kier molecular flexibility index (Phi) is 5.03. The lowest BCUT2D eigenvalue weighted by atomic mass is 10.1. The van der Waals surface area contributed by atoms with E-state index in [0.29, 0.717) is 5.56 Å². The minimum Gasteiger partial charge on any atom is -0.370 e. The molecular formula is C22H23N5O2. The Hall–Kier alpha value is -3.61. The quantitative estimate of drug-likeness (QED) is 0.622. The van der Waals surface area contributed by atoms with Crippen molar-refractivity contribution in [2.75, 3.05) is 23.3 Å². The SMILES string of the molecule is CC(=O)Nc1cc2c(C=Cc3cccc(C(N)=O)c3)n[nH]c2cc1N1CCCC1. The second-order valence-electron chi connectivity index (χ2n) is 7.22. The molecule has 1 aliphatic rings. The predicted octanol–water partition coefficient (Wildman–Crippen LogP) is 3.39. The van der Waals surface area contributed by atoms with E-state index in [1.54, 1.807) is 18.2 Å². The molecule has 7 heteroatoms. The van der Waals surface area contributed by atoms with Crippen LogP contribution in [0, 0.1) is 0 Å². The summed E-state index contributed by atoms with van der Waals surface area (Å²) in [6.45, 7) is 3.48. The van der Waals surface area contributed by atoms with Crippen LogP contribution in [0.1, 0.15) is 41.4 Å². The van der Waals surface area contributed by atoms with Crippen LogP contribution in [0.2, 0.25) is 0 Å². The molecule has 2 heterocycles. The Labute approximate surface area is 168 Å². The first-order valence-electron chi connectivity index (χ1n) is 9.64. The standard InChI is InChI=1S/C22H23N5O2/c1-14(28)24-20-12-17-18(8-7-15-5-4-6-16(11-15)22(23)29)25-26-19(17)13-21(20)27-9-2-3-10-27/h4-8,11-13H,2-3,9-10H2,1H3,(H2,23,29)(H,24,28)(H,25,26). The summed E-state index contributed by atoms with van der Waals surface area (Å²) in [6.07, 6.45) is 6.07. The lowest BCUT2D eigenvalue weighted by molar-refractivity contribution is -0.114. The topological polar surface area (TPSA) is 104 Å². The van der Waals surface area contributed by atoms with Crippen LogP contribution in [-0.2, 0) is 4.79 Å². The largest absolute Gasteiger partial charge is 0.370 e. The Morgan fingerprint density at radius 2 is 1.97 bits per heavy atom. The average Bonchev–Trinajstić information content (AvgIpc) is 3.35. The average molecular weight is 389 g/mol. The first-order chi connectivity index (χ1) is 14.0. The summed E-state index contributed by atoms with van der Waals surface area (Å²) in [5, 5.41) is 11.4. The second-order valence-corrected chi connectivity index (χ2v) is 7.22. The van der Waals surface area contributed by atoms with Crippen LogP contribution in [0.4, 0.5) is 11.4 Å². The predicted molar refractivity (Wildman–Crippen MR) is 116 cm³/mol. The number of hydrogen-bond acceptors (Lipinski definition) is 4. The van der Waals surface area contributed by atoms with Crippen LogP contribution in [0.15, 0.2) is 36.4 Å². The second kappa shape index (κ2) is 7.79. The van der Waals surface area contributed by atoms with Gasteiger partial charge in [0.05, 0.1) is 22.6 Å². The zero-order chi connectivity index (χ0) is 20.4. The van der Waals surface area contributed by atoms with Gasteiger partial charge in [-0.25, -0.2) is 0 Å². The number of fused-ring (bicyclic) bond motifs is 1. The highest BCUT2D eigenvalue weighted by Gasteiger charge is 2.18. The van der Waals surface area contributed by atoms with Crippen LogP contribution < -0.4 is 16.0 Å². The van der Waals surface area contributed by atoms with E-state index < -0.39 is 5.91 Å². The van der Waals surface area contributed by atoms with Crippen molar-refractivity contribution in [3.63, 3.8) is 0 Å². The lowest BCUT2D eigenvalue weighted by Crippen LogP contribution is -2.20. The van der Waals surface area contributed by atoms with E-state index in [0.717, 1.165) is 59.5 Å². The molecule has 2 aromatic carbocycles. The van der Waals surface area contributed by atoms with E-state index in [1.165, 1.54) is 6.92 Å². The number of amides is 2. The van der Waals surface area contributed by atoms with Gasteiger partial charge in [-0.05, 0) is 48.7 Å². The number of primary amides is 1. The number of nitrogens with zero attached hydrogens (tertiary/aromatic N) is 2. The maximum atomic E-state index is 11.7. The van der Waals surface area contributed by atoms with E-state index in [2.05, 4.69) is 20.4 Å². The van der Waals surface area contributed by atoms with Gasteiger partial charge < -0.3 is 16.0 Å². The van der Waals surface area contributed by atoms with Gasteiger partial charge in [0.15, 0.2) is 0 Å². The van der Waals surface area contributed by atoms with Crippen molar-refractivity contribution < 1.29 is 9.59 Å². The molecule has 0 bridgehead atoms. The molecule has 1 saturated heterocycles. The van der Waals surface area contributed by atoms with Crippen LogP contribution in [-0.4, -0.2) is 35.1 Å². The van der Waals surface area contributed by atoms with E-state index in [9.17, 15) is 9.59 Å². The van der Waals surface area contributed by atoms with Gasteiger partial charge in [-0.1, -0.05) is 18.2 Å². The van der Waals surface area contributed by atoms with E-state index in [-0.39, 0.29) is 5.91 Å². The summed E-state index contributed by atoms with van der Waals surface area (Å²) in [7, 11) is 0. The number of rotatable bonds is 5. The maximum Gasteiger partial charge on any atom is 0.248 e. The third kappa shape index (κ3) is 3.99.